The van der Waals surface area contributed by atoms with Crippen LogP contribution in [-0.2, 0) is 13.0 Å². The molecule has 0 spiro atoms. The molecule has 8 heteroatoms. The van der Waals surface area contributed by atoms with Gasteiger partial charge in [0.2, 0.25) is 0 Å². The average molecular weight is 370 g/mol. The van der Waals surface area contributed by atoms with Gasteiger partial charge < -0.3 is 19.7 Å². The highest BCUT2D eigenvalue weighted by Crippen LogP contribution is 2.32. The van der Waals surface area contributed by atoms with Crippen LogP contribution in [0.3, 0.4) is 0 Å². The standard InChI is InChI=1S/C19H22N4O4/c1-26-15-5-3-4-12(17(15)27-2)19(25)23-9-8-14-13(10-23)16(22-21-14)18(24)20-11-6-7-11/h3-5,11H,6-10H2,1-2H3,(H,20,24)(H,21,22). The summed E-state index contributed by atoms with van der Waals surface area (Å²) >= 11 is 0. The predicted octanol–water partition coefficient (Wildman–Crippen LogP) is 1.52. The summed E-state index contributed by atoms with van der Waals surface area (Å²) in [5.74, 6) is 0.581. The van der Waals surface area contributed by atoms with Crippen LogP contribution in [0.5, 0.6) is 11.5 Å². The molecular formula is C19H22N4O4. The molecule has 1 aromatic heterocycles. The van der Waals surface area contributed by atoms with Crippen molar-refractivity contribution in [2.45, 2.75) is 31.8 Å². The Balaban J connectivity index is 1.58. The molecule has 27 heavy (non-hydrogen) atoms. The zero-order chi connectivity index (χ0) is 19.0. The van der Waals surface area contributed by atoms with Gasteiger partial charge in [-0.25, -0.2) is 0 Å². The number of nitrogens with zero attached hydrogens (tertiary/aromatic N) is 2. The van der Waals surface area contributed by atoms with Crippen LogP contribution in [-0.4, -0.2) is 53.7 Å². The second-order valence-electron chi connectivity index (χ2n) is 6.79. The lowest BCUT2D eigenvalue weighted by atomic mass is 10.0. The first kappa shape index (κ1) is 17.4. The molecule has 0 unspecified atom stereocenters. The number of methoxy groups -OCH3 is 2. The first-order valence-corrected chi connectivity index (χ1v) is 8.99. The Kier molecular flexibility index (Phi) is 4.47. The Morgan fingerprint density at radius 2 is 2.07 bits per heavy atom. The number of fused-ring (bicyclic) bond motifs is 1. The van der Waals surface area contributed by atoms with Crippen molar-refractivity contribution in [1.82, 2.24) is 20.4 Å². The number of amides is 2. The maximum atomic E-state index is 13.1. The van der Waals surface area contributed by atoms with E-state index in [4.69, 9.17) is 9.47 Å². The molecule has 142 valence electrons. The number of rotatable bonds is 5. The fourth-order valence-corrected chi connectivity index (χ4v) is 3.36. The van der Waals surface area contributed by atoms with E-state index in [2.05, 4.69) is 15.5 Å². The molecule has 0 atom stereocenters. The molecule has 4 rings (SSSR count). The number of nitrogens with one attached hydrogen (secondary N) is 2. The number of benzene rings is 1. The van der Waals surface area contributed by atoms with Gasteiger partial charge in [-0.1, -0.05) is 6.07 Å². The van der Waals surface area contributed by atoms with Crippen molar-refractivity contribution < 1.29 is 19.1 Å². The van der Waals surface area contributed by atoms with E-state index in [9.17, 15) is 9.59 Å². The Labute approximate surface area is 156 Å². The minimum atomic E-state index is -0.178. The van der Waals surface area contributed by atoms with E-state index >= 15 is 0 Å². The number of H-pyrrole nitrogens is 1. The molecule has 1 fully saturated rings. The second-order valence-corrected chi connectivity index (χ2v) is 6.79. The molecule has 1 aliphatic carbocycles. The van der Waals surface area contributed by atoms with Gasteiger partial charge >= 0.3 is 0 Å². The Bertz CT molecular complexity index is 888. The molecule has 1 aliphatic heterocycles. The molecule has 0 radical (unpaired) electrons. The largest absolute Gasteiger partial charge is 0.493 e. The number of para-hydroxylation sites is 1. The predicted molar refractivity (Wildman–Crippen MR) is 97.1 cm³/mol. The molecule has 2 heterocycles. The van der Waals surface area contributed by atoms with Gasteiger partial charge in [0.1, 0.15) is 0 Å². The Morgan fingerprint density at radius 1 is 1.26 bits per heavy atom. The van der Waals surface area contributed by atoms with Crippen LogP contribution in [0.15, 0.2) is 18.2 Å². The van der Waals surface area contributed by atoms with Crippen LogP contribution in [0.2, 0.25) is 0 Å². The van der Waals surface area contributed by atoms with E-state index in [0.717, 1.165) is 24.1 Å². The summed E-state index contributed by atoms with van der Waals surface area (Å²) in [5.41, 5.74) is 2.52. The van der Waals surface area contributed by atoms with Crippen molar-refractivity contribution in [3.8, 4) is 11.5 Å². The van der Waals surface area contributed by atoms with Gasteiger partial charge in [-0.3, -0.25) is 14.7 Å². The van der Waals surface area contributed by atoms with E-state index in [0.29, 0.717) is 42.3 Å². The molecule has 1 aromatic carbocycles. The highest BCUT2D eigenvalue weighted by molar-refractivity contribution is 5.98. The molecule has 2 aromatic rings. The lowest BCUT2D eigenvalue weighted by molar-refractivity contribution is 0.0727. The smallest absolute Gasteiger partial charge is 0.272 e. The van der Waals surface area contributed by atoms with Crippen LogP contribution in [0.4, 0.5) is 0 Å². The van der Waals surface area contributed by atoms with Crippen molar-refractivity contribution >= 4 is 11.8 Å². The summed E-state index contributed by atoms with van der Waals surface area (Å²) in [7, 11) is 3.05. The van der Waals surface area contributed by atoms with E-state index in [1.54, 1.807) is 23.1 Å². The highest BCUT2D eigenvalue weighted by Gasteiger charge is 2.32. The number of hydrogen-bond acceptors (Lipinski definition) is 5. The van der Waals surface area contributed by atoms with Gasteiger partial charge in [0, 0.05) is 30.3 Å². The quantitative estimate of drug-likeness (QED) is 0.832. The second kappa shape index (κ2) is 6.94. The third kappa shape index (κ3) is 3.22. The SMILES string of the molecule is COc1cccc(C(=O)N2CCc3[nH]nc(C(=O)NC4CC4)c3C2)c1OC. The van der Waals surface area contributed by atoms with E-state index in [1.807, 2.05) is 0 Å². The van der Waals surface area contributed by atoms with Crippen LogP contribution >= 0.6 is 0 Å². The Hall–Kier alpha value is -3.03. The first-order chi connectivity index (χ1) is 13.1. The lowest BCUT2D eigenvalue weighted by Crippen LogP contribution is -2.37. The van der Waals surface area contributed by atoms with Crippen LogP contribution in [0.1, 0.15) is 44.9 Å². The molecule has 0 saturated heterocycles. The number of aromatic nitrogens is 2. The molecule has 8 nitrogen and oxygen atoms in total. The third-order valence-corrected chi connectivity index (χ3v) is 4.98. The zero-order valence-corrected chi connectivity index (χ0v) is 15.4. The highest BCUT2D eigenvalue weighted by atomic mass is 16.5. The number of carbonyl (C=O) groups is 2. The molecule has 2 amide bonds. The molecule has 2 aliphatic rings. The topological polar surface area (TPSA) is 96.5 Å². The van der Waals surface area contributed by atoms with Gasteiger partial charge in [-0.2, -0.15) is 5.10 Å². The van der Waals surface area contributed by atoms with Crippen molar-refractivity contribution in [2.24, 2.45) is 0 Å². The van der Waals surface area contributed by atoms with E-state index < -0.39 is 0 Å². The van der Waals surface area contributed by atoms with Gasteiger partial charge in [-0.05, 0) is 25.0 Å². The van der Waals surface area contributed by atoms with E-state index in [1.165, 1.54) is 14.2 Å². The van der Waals surface area contributed by atoms with Crippen LogP contribution < -0.4 is 14.8 Å². The summed E-state index contributed by atoms with van der Waals surface area (Å²) in [4.78, 5) is 27.2. The van der Waals surface area contributed by atoms with Crippen LogP contribution in [0, 0.1) is 0 Å². The number of ether oxygens (including phenoxy) is 2. The number of aromatic amines is 1. The van der Waals surface area contributed by atoms with Crippen molar-refractivity contribution in [3.63, 3.8) is 0 Å². The minimum Gasteiger partial charge on any atom is -0.493 e. The van der Waals surface area contributed by atoms with Crippen molar-refractivity contribution in [2.75, 3.05) is 20.8 Å². The van der Waals surface area contributed by atoms with Gasteiger partial charge in [0.25, 0.3) is 11.8 Å². The van der Waals surface area contributed by atoms with Crippen LogP contribution in [0.25, 0.3) is 0 Å². The van der Waals surface area contributed by atoms with Crippen molar-refractivity contribution in [3.05, 3.63) is 40.7 Å². The Morgan fingerprint density at radius 3 is 2.78 bits per heavy atom. The molecular weight excluding hydrogens is 348 g/mol. The maximum Gasteiger partial charge on any atom is 0.272 e. The number of carbonyl (C=O) groups excluding carboxylic acids is 2. The normalized spacial score (nSPS) is 15.9. The molecule has 1 saturated carbocycles. The monoisotopic (exact) mass is 370 g/mol. The van der Waals surface area contributed by atoms with E-state index in [-0.39, 0.29) is 17.9 Å². The summed E-state index contributed by atoms with van der Waals surface area (Å²) in [6, 6.07) is 5.48. The molecule has 2 N–H and O–H groups in total. The zero-order valence-electron chi connectivity index (χ0n) is 15.4. The lowest BCUT2D eigenvalue weighted by Gasteiger charge is -2.28. The third-order valence-electron chi connectivity index (χ3n) is 4.98. The van der Waals surface area contributed by atoms with Gasteiger partial charge in [0.05, 0.1) is 26.3 Å². The summed E-state index contributed by atoms with van der Waals surface area (Å²) in [6.07, 6.45) is 2.65. The summed E-state index contributed by atoms with van der Waals surface area (Å²) < 4.78 is 10.7. The minimum absolute atomic E-state index is 0.161. The maximum absolute atomic E-state index is 13.1. The first-order valence-electron chi connectivity index (χ1n) is 8.99. The van der Waals surface area contributed by atoms with Crippen molar-refractivity contribution in [1.29, 1.82) is 0 Å². The summed E-state index contributed by atoms with van der Waals surface area (Å²) in [5, 5.41) is 10.1. The fraction of sp³-hybridized carbons (Fsp3) is 0.421. The van der Waals surface area contributed by atoms with Gasteiger partial charge in [-0.15, -0.1) is 0 Å². The molecule has 0 bridgehead atoms. The fourth-order valence-electron chi connectivity index (χ4n) is 3.36. The average Bonchev–Trinajstić information content (AvgIpc) is 3.41. The van der Waals surface area contributed by atoms with Gasteiger partial charge in [0.15, 0.2) is 17.2 Å². The number of hydrogen-bond donors (Lipinski definition) is 2. The summed E-state index contributed by atoms with van der Waals surface area (Å²) in [6.45, 7) is 0.872.